The van der Waals surface area contributed by atoms with E-state index in [1.54, 1.807) is 0 Å². The number of ketones is 2. The van der Waals surface area contributed by atoms with Gasteiger partial charge in [0.1, 0.15) is 5.78 Å². The van der Waals surface area contributed by atoms with Gasteiger partial charge in [-0.15, -0.1) is 0 Å². The SMILES string of the molecule is CC(C)C(=O)CC(NC(=O)CN1CCN(C2CCN(C)CC2)CC1)C(=O)C(C)C. The third-order valence-electron chi connectivity index (χ3n) is 6.28. The van der Waals surface area contributed by atoms with Crippen LogP contribution in [0.3, 0.4) is 0 Å². The Morgan fingerprint density at radius 3 is 2.00 bits per heavy atom. The molecule has 2 aliphatic rings. The van der Waals surface area contributed by atoms with Gasteiger partial charge in [0.05, 0.1) is 12.6 Å². The van der Waals surface area contributed by atoms with Crippen LogP contribution in [0.2, 0.25) is 0 Å². The Kier molecular flexibility index (Phi) is 9.24. The monoisotopic (exact) mass is 408 g/mol. The average molecular weight is 409 g/mol. The Hall–Kier alpha value is -1.31. The van der Waals surface area contributed by atoms with Gasteiger partial charge in [-0.05, 0) is 33.0 Å². The van der Waals surface area contributed by atoms with Crippen molar-refractivity contribution in [2.75, 3.05) is 52.9 Å². The van der Waals surface area contributed by atoms with Crippen LogP contribution in [-0.4, -0.2) is 97.1 Å². The zero-order valence-corrected chi connectivity index (χ0v) is 18.9. The van der Waals surface area contributed by atoms with Crippen LogP contribution in [0.25, 0.3) is 0 Å². The van der Waals surface area contributed by atoms with E-state index in [-0.39, 0.29) is 35.7 Å². The molecule has 1 unspecified atom stereocenters. The van der Waals surface area contributed by atoms with Gasteiger partial charge in [-0.25, -0.2) is 0 Å². The van der Waals surface area contributed by atoms with Crippen molar-refractivity contribution in [3.63, 3.8) is 0 Å². The molecule has 0 aliphatic carbocycles. The van der Waals surface area contributed by atoms with Crippen molar-refractivity contribution >= 4 is 17.5 Å². The predicted molar refractivity (Wildman–Crippen MR) is 115 cm³/mol. The average Bonchev–Trinajstić information content (AvgIpc) is 2.67. The second-order valence-electron chi connectivity index (χ2n) is 9.35. The number of piperazine rings is 1. The minimum absolute atomic E-state index is 0.0102. The van der Waals surface area contributed by atoms with E-state index in [1.165, 1.54) is 12.8 Å². The van der Waals surface area contributed by atoms with Gasteiger partial charge in [-0.2, -0.15) is 0 Å². The molecule has 2 saturated heterocycles. The first-order valence-electron chi connectivity index (χ1n) is 11.2. The van der Waals surface area contributed by atoms with E-state index in [2.05, 4.69) is 27.1 Å². The Balaban J connectivity index is 1.81. The summed E-state index contributed by atoms with van der Waals surface area (Å²) in [6.07, 6.45) is 2.53. The number of nitrogens with one attached hydrogen (secondary N) is 1. The molecule has 0 saturated carbocycles. The van der Waals surface area contributed by atoms with Gasteiger partial charge in [0.15, 0.2) is 5.78 Å². The van der Waals surface area contributed by atoms with Crippen molar-refractivity contribution in [1.82, 2.24) is 20.0 Å². The summed E-state index contributed by atoms with van der Waals surface area (Å²) in [6.45, 7) is 13.6. The molecule has 2 heterocycles. The second-order valence-corrected chi connectivity index (χ2v) is 9.35. The van der Waals surface area contributed by atoms with Crippen molar-refractivity contribution < 1.29 is 14.4 Å². The standard InChI is InChI=1S/C22H40N4O3/c1-16(2)20(27)14-19(22(29)17(3)4)23-21(28)15-25-10-12-26(13-11-25)18-6-8-24(5)9-7-18/h16-19H,6-15H2,1-5H3,(H,23,28). The minimum Gasteiger partial charge on any atom is -0.345 e. The number of amides is 1. The molecule has 7 heteroatoms. The van der Waals surface area contributed by atoms with Gasteiger partial charge in [0.25, 0.3) is 0 Å². The van der Waals surface area contributed by atoms with Gasteiger partial charge in [0, 0.05) is 50.5 Å². The number of carbonyl (C=O) groups excluding carboxylic acids is 3. The molecule has 1 amide bonds. The van der Waals surface area contributed by atoms with Crippen LogP contribution < -0.4 is 5.32 Å². The number of rotatable bonds is 9. The first-order valence-corrected chi connectivity index (χ1v) is 11.2. The minimum atomic E-state index is -0.710. The smallest absolute Gasteiger partial charge is 0.234 e. The van der Waals surface area contributed by atoms with E-state index >= 15 is 0 Å². The first-order chi connectivity index (χ1) is 13.7. The molecule has 2 rings (SSSR count). The lowest BCUT2D eigenvalue weighted by atomic mass is 9.94. The van der Waals surface area contributed by atoms with Gasteiger partial charge >= 0.3 is 0 Å². The van der Waals surface area contributed by atoms with Gasteiger partial charge in [-0.1, -0.05) is 27.7 Å². The zero-order valence-electron chi connectivity index (χ0n) is 18.9. The molecule has 1 N–H and O–H groups in total. The van der Waals surface area contributed by atoms with E-state index in [0.717, 1.165) is 39.3 Å². The quantitative estimate of drug-likeness (QED) is 0.614. The number of piperidine rings is 1. The number of likely N-dealkylation sites (tertiary alicyclic amines) is 1. The molecule has 166 valence electrons. The number of hydrogen-bond acceptors (Lipinski definition) is 6. The normalized spacial score (nSPS) is 21.5. The van der Waals surface area contributed by atoms with Crippen LogP contribution in [0.4, 0.5) is 0 Å². The summed E-state index contributed by atoms with van der Waals surface area (Å²) in [4.78, 5) is 44.3. The fourth-order valence-corrected chi connectivity index (χ4v) is 4.15. The maximum atomic E-state index is 12.6. The maximum absolute atomic E-state index is 12.6. The van der Waals surface area contributed by atoms with Gasteiger partial charge < -0.3 is 10.2 Å². The highest BCUT2D eigenvalue weighted by Gasteiger charge is 2.29. The lowest BCUT2D eigenvalue weighted by Gasteiger charge is -2.42. The fraction of sp³-hybridized carbons (Fsp3) is 0.864. The highest BCUT2D eigenvalue weighted by atomic mass is 16.2. The summed E-state index contributed by atoms with van der Waals surface area (Å²) in [5.74, 6) is -0.566. The Bertz CT molecular complexity index is 562. The van der Waals surface area contributed by atoms with E-state index in [1.807, 2.05) is 27.7 Å². The summed E-state index contributed by atoms with van der Waals surface area (Å²) in [7, 11) is 2.18. The van der Waals surface area contributed by atoms with Crippen LogP contribution in [0.15, 0.2) is 0 Å². The van der Waals surface area contributed by atoms with Crippen molar-refractivity contribution in [2.45, 2.75) is 59.0 Å². The van der Waals surface area contributed by atoms with Crippen molar-refractivity contribution in [1.29, 1.82) is 0 Å². The maximum Gasteiger partial charge on any atom is 0.234 e. The molecule has 0 radical (unpaired) electrons. The number of hydrogen-bond donors (Lipinski definition) is 1. The van der Waals surface area contributed by atoms with Crippen molar-refractivity contribution in [3.8, 4) is 0 Å². The third kappa shape index (κ3) is 7.46. The zero-order chi connectivity index (χ0) is 21.6. The molecule has 7 nitrogen and oxygen atoms in total. The summed E-state index contributed by atoms with van der Waals surface area (Å²) in [5, 5.41) is 2.84. The number of nitrogens with zero attached hydrogens (tertiary/aromatic N) is 3. The summed E-state index contributed by atoms with van der Waals surface area (Å²) >= 11 is 0. The van der Waals surface area contributed by atoms with Crippen LogP contribution in [0.5, 0.6) is 0 Å². The highest BCUT2D eigenvalue weighted by molar-refractivity contribution is 5.95. The third-order valence-corrected chi connectivity index (χ3v) is 6.28. The Morgan fingerprint density at radius 2 is 1.48 bits per heavy atom. The molecule has 0 spiro atoms. The van der Waals surface area contributed by atoms with Crippen LogP contribution in [-0.2, 0) is 14.4 Å². The first kappa shape index (κ1) is 24.0. The number of carbonyl (C=O) groups is 3. The largest absolute Gasteiger partial charge is 0.345 e. The number of Topliss-reactive ketones (excluding diaryl/α,β-unsaturated/α-hetero) is 2. The van der Waals surface area contributed by atoms with E-state index in [9.17, 15) is 14.4 Å². The Labute approximate surface area is 176 Å². The molecule has 29 heavy (non-hydrogen) atoms. The molecule has 0 aromatic heterocycles. The molecule has 2 aliphatic heterocycles. The molecular weight excluding hydrogens is 368 g/mol. The van der Waals surface area contributed by atoms with E-state index < -0.39 is 6.04 Å². The van der Waals surface area contributed by atoms with Crippen LogP contribution in [0.1, 0.15) is 47.0 Å². The van der Waals surface area contributed by atoms with Gasteiger partial charge in [-0.3, -0.25) is 24.2 Å². The molecule has 0 aromatic rings. The van der Waals surface area contributed by atoms with E-state index in [4.69, 9.17) is 0 Å². The van der Waals surface area contributed by atoms with E-state index in [0.29, 0.717) is 12.6 Å². The van der Waals surface area contributed by atoms with Crippen LogP contribution in [0, 0.1) is 11.8 Å². The Morgan fingerprint density at radius 1 is 0.897 bits per heavy atom. The molecule has 0 aromatic carbocycles. The summed E-state index contributed by atoms with van der Waals surface area (Å²) in [6, 6.07) is -0.0461. The predicted octanol–water partition coefficient (Wildman–Crippen LogP) is 1.02. The molecule has 2 fully saturated rings. The molecular formula is C22H40N4O3. The topological polar surface area (TPSA) is 73.0 Å². The summed E-state index contributed by atoms with van der Waals surface area (Å²) in [5.41, 5.74) is 0. The van der Waals surface area contributed by atoms with Crippen molar-refractivity contribution in [2.24, 2.45) is 11.8 Å². The molecule has 1 atom stereocenters. The lowest BCUT2D eigenvalue weighted by molar-refractivity contribution is -0.133. The fourth-order valence-electron chi connectivity index (χ4n) is 4.15. The summed E-state index contributed by atoms with van der Waals surface area (Å²) < 4.78 is 0. The molecule has 0 bridgehead atoms. The highest BCUT2D eigenvalue weighted by Crippen LogP contribution is 2.17. The van der Waals surface area contributed by atoms with Crippen LogP contribution >= 0.6 is 0 Å². The van der Waals surface area contributed by atoms with Gasteiger partial charge in [0.2, 0.25) is 5.91 Å². The van der Waals surface area contributed by atoms with Crippen molar-refractivity contribution in [3.05, 3.63) is 0 Å². The lowest BCUT2D eigenvalue weighted by Crippen LogP contribution is -2.55. The second kappa shape index (κ2) is 11.2.